The summed E-state index contributed by atoms with van der Waals surface area (Å²) in [6, 6.07) is 12.1. The molecule has 182 valence electrons. The first-order valence-electron chi connectivity index (χ1n) is 9.28. The Morgan fingerprint density at radius 3 is 1.76 bits per heavy atom. The molecule has 2 N–H and O–H groups in total. The SMILES string of the molecule is Cc1ccc2c(c1)Nc1c(c(S(=O)(=O)[O-])c3nc4c[c-]ccc4nc3c1S(=O)(=O)[O-])N2.O=S(=O)=O.[Na+].[Na+].[Na+]. The van der Waals surface area contributed by atoms with Crippen LogP contribution in [0.2, 0.25) is 0 Å². The van der Waals surface area contributed by atoms with Crippen molar-refractivity contribution in [3.05, 3.63) is 48.0 Å². The first-order valence-corrected chi connectivity index (χ1v) is 13.1. The number of aromatic nitrogens is 2. The Morgan fingerprint density at radius 2 is 1.26 bits per heavy atom. The molecule has 2 heterocycles. The van der Waals surface area contributed by atoms with Gasteiger partial charge < -0.3 is 24.7 Å². The van der Waals surface area contributed by atoms with Gasteiger partial charge in [0.15, 0.2) is 0 Å². The van der Waals surface area contributed by atoms with Crippen LogP contribution in [0.15, 0.2) is 46.2 Å². The van der Waals surface area contributed by atoms with E-state index in [1.807, 2.05) is 0 Å². The zero-order chi connectivity index (χ0) is 25.7. The molecule has 3 aromatic carbocycles. The molecule has 4 aromatic rings. The summed E-state index contributed by atoms with van der Waals surface area (Å²) < 4.78 is 98.9. The summed E-state index contributed by atoms with van der Waals surface area (Å²) in [4.78, 5) is 6.72. The normalized spacial score (nSPS) is 11.6. The van der Waals surface area contributed by atoms with Gasteiger partial charge in [-0.2, -0.15) is 12.1 Å². The maximum atomic E-state index is 12.3. The van der Waals surface area contributed by atoms with Crippen LogP contribution >= 0.6 is 0 Å². The van der Waals surface area contributed by atoms with Crippen LogP contribution in [0.4, 0.5) is 22.7 Å². The molecule has 38 heavy (non-hydrogen) atoms. The smallest absolute Gasteiger partial charge is 0.744 e. The Balaban J connectivity index is 0.000000967. The molecule has 1 aromatic heterocycles. The van der Waals surface area contributed by atoms with Gasteiger partial charge in [0.1, 0.15) is 35.5 Å². The standard InChI is InChI=1S/C19H13N4O6S2.3Na.O3S/c1-9-6-7-12-13(8-9)23-17-16(22-12)18(30(24,25)26)14-15(19(17)31(27,28)29)21-11-5-3-2-4-10(11)20-14;;;;1-4(2)3/h3-8,22-23H,1H3,(H,24,25,26)(H,27,28,29);;;;/q-1;3*+1;/p-2. The zero-order valence-corrected chi connectivity index (χ0v) is 28.7. The summed E-state index contributed by atoms with van der Waals surface area (Å²) in [5.41, 5.74) is 0.218. The van der Waals surface area contributed by atoms with E-state index in [-0.39, 0.29) is 111 Å². The summed E-state index contributed by atoms with van der Waals surface area (Å²) in [5, 5.41) is 5.57. The fourth-order valence-corrected chi connectivity index (χ4v) is 5.15. The van der Waals surface area contributed by atoms with E-state index >= 15 is 0 Å². The topological polar surface area (TPSA) is 215 Å². The number of hydrogen-bond acceptors (Lipinski definition) is 13. The fraction of sp³-hybridized carbons (Fsp3) is 0.0526. The number of nitrogens with zero attached hydrogens (tertiary/aromatic N) is 2. The van der Waals surface area contributed by atoms with E-state index in [9.17, 15) is 25.9 Å². The zero-order valence-electron chi connectivity index (χ0n) is 20.3. The molecule has 5 rings (SSSR count). The number of hydrogen-bond donors (Lipinski definition) is 2. The van der Waals surface area contributed by atoms with Crippen molar-refractivity contribution in [1.82, 2.24) is 9.97 Å². The van der Waals surface area contributed by atoms with E-state index < -0.39 is 51.7 Å². The van der Waals surface area contributed by atoms with Gasteiger partial charge in [-0.3, -0.25) is 4.98 Å². The Bertz CT molecular complexity index is 1880. The Hall–Kier alpha value is -0.700. The minimum Gasteiger partial charge on any atom is -0.744 e. The van der Waals surface area contributed by atoms with E-state index in [4.69, 9.17) is 12.6 Å². The van der Waals surface area contributed by atoms with Gasteiger partial charge in [0.25, 0.3) is 0 Å². The van der Waals surface area contributed by atoms with E-state index in [1.54, 1.807) is 25.1 Å². The molecular weight excluding hydrogens is 593 g/mol. The average molecular weight is 604 g/mol. The molecular formula is C19H11N4Na3O9S3. The predicted molar refractivity (Wildman–Crippen MR) is 119 cm³/mol. The summed E-state index contributed by atoms with van der Waals surface area (Å²) in [7, 11) is -13.5. The van der Waals surface area contributed by atoms with Crippen LogP contribution in [-0.2, 0) is 30.8 Å². The van der Waals surface area contributed by atoms with Crippen molar-refractivity contribution < 1.29 is 127 Å². The molecule has 13 nitrogen and oxygen atoms in total. The van der Waals surface area contributed by atoms with Crippen LogP contribution in [0.25, 0.3) is 22.1 Å². The third kappa shape index (κ3) is 7.32. The van der Waals surface area contributed by atoms with E-state index in [2.05, 4.69) is 26.7 Å². The van der Waals surface area contributed by atoms with Gasteiger partial charge in [-0.15, -0.1) is 24.8 Å². The predicted octanol–water partition coefficient (Wildman–Crippen LogP) is -7.49. The van der Waals surface area contributed by atoms with Crippen molar-refractivity contribution in [3.63, 3.8) is 0 Å². The molecule has 0 aliphatic carbocycles. The summed E-state index contributed by atoms with van der Waals surface area (Å²) in [5.74, 6) is 0. The monoisotopic (exact) mass is 604 g/mol. The fourth-order valence-electron chi connectivity index (χ4n) is 3.59. The van der Waals surface area contributed by atoms with Gasteiger partial charge in [-0.1, -0.05) is 6.07 Å². The summed E-state index contributed by atoms with van der Waals surface area (Å²) >= 11 is 0. The van der Waals surface area contributed by atoms with Crippen molar-refractivity contribution in [2.75, 3.05) is 10.6 Å². The second-order valence-electron chi connectivity index (χ2n) is 7.16. The van der Waals surface area contributed by atoms with E-state index in [0.717, 1.165) is 5.56 Å². The van der Waals surface area contributed by atoms with Crippen molar-refractivity contribution in [2.24, 2.45) is 0 Å². The molecule has 0 spiro atoms. The molecule has 0 atom stereocenters. The Kier molecular flexibility index (Phi) is 12.4. The van der Waals surface area contributed by atoms with Gasteiger partial charge in [0.2, 0.25) is 0 Å². The Labute approximate surface area is 284 Å². The molecule has 0 radical (unpaired) electrons. The van der Waals surface area contributed by atoms with Gasteiger partial charge in [0, 0.05) is 0 Å². The van der Waals surface area contributed by atoms with Crippen LogP contribution in [0.3, 0.4) is 0 Å². The van der Waals surface area contributed by atoms with E-state index in [1.165, 1.54) is 18.2 Å². The van der Waals surface area contributed by atoms with Crippen LogP contribution in [0.5, 0.6) is 0 Å². The van der Waals surface area contributed by atoms with Gasteiger partial charge >= 0.3 is 99.3 Å². The maximum absolute atomic E-state index is 12.3. The quantitative estimate of drug-likeness (QED) is 0.0830. The first-order chi connectivity index (χ1) is 16.3. The van der Waals surface area contributed by atoms with Crippen molar-refractivity contribution in [1.29, 1.82) is 0 Å². The van der Waals surface area contributed by atoms with Gasteiger partial charge in [-0.25, -0.2) is 16.8 Å². The molecule has 0 saturated heterocycles. The largest absolute Gasteiger partial charge is 1.00 e. The number of rotatable bonds is 2. The minimum absolute atomic E-state index is 0. The first kappa shape index (κ1) is 35.3. The van der Waals surface area contributed by atoms with Gasteiger partial charge in [0.05, 0.1) is 28.3 Å². The molecule has 0 unspecified atom stereocenters. The number of benzene rings is 3. The van der Waals surface area contributed by atoms with Crippen LogP contribution in [0.1, 0.15) is 5.56 Å². The van der Waals surface area contributed by atoms with E-state index in [0.29, 0.717) is 11.4 Å². The third-order valence-corrected chi connectivity index (χ3v) is 6.63. The van der Waals surface area contributed by atoms with Crippen LogP contribution in [-0.4, -0.2) is 48.5 Å². The van der Waals surface area contributed by atoms with Crippen LogP contribution in [0, 0.1) is 13.0 Å². The van der Waals surface area contributed by atoms with Crippen molar-refractivity contribution in [3.8, 4) is 0 Å². The summed E-state index contributed by atoms with van der Waals surface area (Å²) in [6.07, 6.45) is 0. The summed E-state index contributed by atoms with van der Waals surface area (Å²) in [6.45, 7) is 1.80. The maximum Gasteiger partial charge on any atom is 1.00 e. The second-order valence-corrected chi connectivity index (χ2v) is 10.2. The molecule has 0 bridgehead atoms. The third-order valence-electron chi connectivity index (χ3n) is 4.84. The molecule has 19 heteroatoms. The molecule has 0 saturated carbocycles. The number of fused-ring (bicyclic) bond motifs is 4. The van der Waals surface area contributed by atoms with Gasteiger partial charge in [-0.05, 0) is 35.7 Å². The van der Waals surface area contributed by atoms with Crippen molar-refractivity contribution >= 4 is 75.7 Å². The number of anilines is 4. The molecule has 1 aliphatic heterocycles. The molecule has 1 aliphatic rings. The second kappa shape index (κ2) is 13.3. The molecule has 0 amide bonds. The number of nitrogens with one attached hydrogen (secondary N) is 2. The average Bonchev–Trinajstić information content (AvgIpc) is 2.72. The number of aryl methyl sites for hydroxylation is 1. The Morgan fingerprint density at radius 1 is 0.789 bits per heavy atom. The van der Waals surface area contributed by atoms with Crippen molar-refractivity contribution in [2.45, 2.75) is 16.7 Å². The van der Waals surface area contributed by atoms with Crippen LogP contribution < -0.4 is 99.3 Å². The minimum atomic E-state index is -5.17. The molecule has 0 fully saturated rings.